The average molecular weight is 637 g/mol. The van der Waals surface area contributed by atoms with Gasteiger partial charge in [-0.1, -0.05) is 90.1 Å². The number of halogens is 3. The smallest absolute Gasteiger partial charge is 0.449 e. The molecule has 0 aliphatic heterocycles. The fourth-order valence-corrected chi connectivity index (χ4v) is 2.81. The van der Waals surface area contributed by atoms with E-state index in [2.05, 4.69) is 36.4 Å². The normalized spacial score (nSPS) is 12.0. The lowest BCUT2D eigenvalue weighted by molar-refractivity contribution is -0.168. The molecule has 9 heteroatoms. The molecular weight excluding hydrogens is 585 g/mol. The molecule has 0 fully saturated rings. The molecule has 45 heavy (non-hydrogen) atoms. The SMILES string of the molecule is CC(=O)C(C)(C)C.CC(=O)C(C)(C)C.CC(=O)C(F)(F)F.CC(C)(C)C(=O)OCC1c2ccccc2-c2ccccc21.CC=O. The highest BCUT2D eigenvalue weighted by Gasteiger charge is 2.34. The van der Waals surface area contributed by atoms with E-state index in [-0.39, 0.29) is 34.3 Å². The Kier molecular flexibility index (Phi) is 17.8. The van der Waals surface area contributed by atoms with Crippen molar-refractivity contribution in [1.29, 1.82) is 0 Å². The zero-order valence-electron chi connectivity index (χ0n) is 29.1. The molecule has 0 N–H and O–H groups in total. The van der Waals surface area contributed by atoms with E-state index in [1.54, 1.807) is 13.8 Å². The highest BCUT2D eigenvalue weighted by molar-refractivity contribution is 5.82. The maximum atomic E-state index is 12.0. The van der Waals surface area contributed by atoms with Gasteiger partial charge in [-0.3, -0.25) is 19.2 Å². The highest BCUT2D eigenvalue weighted by atomic mass is 19.4. The van der Waals surface area contributed by atoms with Crippen LogP contribution >= 0.6 is 0 Å². The lowest BCUT2D eigenvalue weighted by Crippen LogP contribution is -2.25. The van der Waals surface area contributed by atoms with Crippen molar-refractivity contribution < 1.29 is 41.9 Å². The zero-order chi connectivity index (χ0) is 36.0. The van der Waals surface area contributed by atoms with Crippen molar-refractivity contribution in [3.05, 3.63) is 59.7 Å². The fourth-order valence-electron chi connectivity index (χ4n) is 2.81. The summed E-state index contributed by atoms with van der Waals surface area (Å²) in [7, 11) is 0. The quantitative estimate of drug-likeness (QED) is 0.241. The second-order valence-corrected chi connectivity index (χ2v) is 13.5. The van der Waals surface area contributed by atoms with E-state index in [0.717, 1.165) is 6.29 Å². The van der Waals surface area contributed by atoms with Gasteiger partial charge in [-0.15, -0.1) is 0 Å². The monoisotopic (exact) mass is 636 g/mol. The van der Waals surface area contributed by atoms with Gasteiger partial charge in [0, 0.05) is 23.7 Å². The van der Waals surface area contributed by atoms with Gasteiger partial charge in [-0.2, -0.15) is 13.2 Å². The second-order valence-electron chi connectivity index (χ2n) is 13.5. The van der Waals surface area contributed by atoms with E-state index in [1.165, 1.54) is 29.2 Å². The minimum atomic E-state index is -4.64. The number of aldehydes is 1. The summed E-state index contributed by atoms with van der Waals surface area (Å²) >= 11 is 0. The van der Waals surface area contributed by atoms with E-state index in [0.29, 0.717) is 13.5 Å². The molecule has 0 saturated carbocycles. The Morgan fingerprint density at radius 3 is 1.13 bits per heavy atom. The van der Waals surface area contributed by atoms with E-state index >= 15 is 0 Å². The first kappa shape index (κ1) is 43.5. The van der Waals surface area contributed by atoms with Crippen LogP contribution in [0.1, 0.15) is 107 Å². The predicted octanol–water partition coefficient (Wildman–Crippen LogP) is 8.97. The summed E-state index contributed by atoms with van der Waals surface area (Å²) in [6.07, 6.45) is -3.89. The van der Waals surface area contributed by atoms with Crippen molar-refractivity contribution in [2.45, 2.75) is 102 Å². The molecule has 0 saturated heterocycles. The third-order valence-corrected chi connectivity index (χ3v) is 6.47. The average Bonchev–Trinajstić information content (AvgIpc) is 3.20. The standard InChI is InChI=1S/C19H20O2.2C6H12O.C3H3F3O.C2H4O/c1-19(2,3)18(20)21-12-17-15-10-6-4-8-13(15)14-9-5-7-11-16(14)17;2*1-5(7)6(2,3)4;1-2(7)3(4,5)6;1-2-3/h4-11,17H,12H2,1-3H3;2*1-4H3;1H3;2H,1H3. The van der Waals surface area contributed by atoms with Crippen LogP contribution in [0.4, 0.5) is 13.2 Å². The van der Waals surface area contributed by atoms with Crippen LogP contribution in [0.3, 0.4) is 0 Å². The van der Waals surface area contributed by atoms with Gasteiger partial charge in [0.1, 0.15) is 24.5 Å². The number of benzene rings is 2. The van der Waals surface area contributed by atoms with Gasteiger partial charge in [-0.25, -0.2) is 0 Å². The Morgan fingerprint density at radius 2 is 0.911 bits per heavy atom. The third kappa shape index (κ3) is 16.9. The molecule has 3 rings (SSSR count). The van der Waals surface area contributed by atoms with Gasteiger partial charge in [-0.05, 0) is 63.8 Å². The van der Waals surface area contributed by atoms with E-state index in [1.807, 2.05) is 74.4 Å². The van der Waals surface area contributed by atoms with E-state index in [9.17, 15) is 32.3 Å². The van der Waals surface area contributed by atoms with E-state index < -0.39 is 17.4 Å². The first-order valence-corrected chi connectivity index (χ1v) is 14.6. The van der Waals surface area contributed by atoms with Gasteiger partial charge in [0.2, 0.25) is 5.78 Å². The van der Waals surface area contributed by atoms with Gasteiger partial charge >= 0.3 is 12.1 Å². The lowest BCUT2D eigenvalue weighted by Gasteiger charge is -2.20. The largest absolute Gasteiger partial charge is 0.464 e. The molecular formula is C36H51F3O6. The molecule has 6 nitrogen and oxygen atoms in total. The number of rotatable bonds is 2. The molecule has 0 unspecified atom stereocenters. The zero-order valence-corrected chi connectivity index (χ0v) is 29.1. The Labute approximate surface area is 267 Å². The molecule has 0 atom stereocenters. The van der Waals surface area contributed by atoms with Crippen molar-refractivity contribution in [3.8, 4) is 11.1 Å². The molecule has 1 aliphatic rings. The Morgan fingerprint density at radius 1 is 0.644 bits per heavy atom. The van der Waals surface area contributed by atoms with Crippen LogP contribution in [0.15, 0.2) is 48.5 Å². The molecule has 252 valence electrons. The van der Waals surface area contributed by atoms with Crippen LogP contribution in [-0.4, -0.2) is 42.4 Å². The molecule has 0 amide bonds. The van der Waals surface area contributed by atoms with Crippen LogP contribution in [-0.2, 0) is 28.7 Å². The highest BCUT2D eigenvalue weighted by Crippen LogP contribution is 2.44. The van der Waals surface area contributed by atoms with Crippen LogP contribution in [0.25, 0.3) is 11.1 Å². The molecule has 2 aromatic rings. The summed E-state index contributed by atoms with van der Waals surface area (Å²) in [5.41, 5.74) is 4.27. The first-order valence-electron chi connectivity index (χ1n) is 14.6. The minimum absolute atomic E-state index is 0.139. The number of alkyl halides is 3. The number of carbonyl (C=O) groups excluding carboxylic acids is 5. The first-order chi connectivity index (χ1) is 20.2. The summed E-state index contributed by atoms with van der Waals surface area (Å²) < 4.78 is 38.1. The summed E-state index contributed by atoms with van der Waals surface area (Å²) in [6.45, 7) is 22.7. The Bertz CT molecular complexity index is 1170. The topological polar surface area (TPSA) is 94.6 Å². The van der Waals surface area contributed by atoms with Crippen molar-refractivity contribution in [2.24, 2.45) is 16.2 Å². The summed E-state index contributed by atoms with van der Waals surface area (Å²) in [6, 6.07) is 16.7. The van der Waals surface area contributed by atoms with Crippen molar-refractivity contribution in [2.75, 3.05) is 6.61 Å². The van der Waals surface area contributed by atoms with Crippen molar-refractivity contribution in [1.82, 2.24) is 0 Å². The van der Waals surface area contributed by atoms with Crippen LogP contribution in [0.2, 0.25) is 0 Å². The van der Waals surface area contributed by atoms with E-state index in [4.69, 9.17) is 9.53 Å². The second kappa shape index (κ2) is 18.4. The molecule has 2 aromatic carbocycles. The third-order valence-electron chi connectivity index (χ3n) is 6.47. The fraction of sp³-hybridized carbons (Fsp3) is 0.528. The summed E-state index contributed by atoms with van der Waals surface area (Å²) in [4.78, 5) is 51.1. The van der Waals surface area contributed by atoms with Gasteiger partial charge in [0.05, 0.1) is 5.41 Å². The molecule has 1 aliphatic carbocycles. The maximum absolute atomic E-state index is 12.0. The Hall–Kier alpha value is -3.62. The Balaban J connectivity index is 0. The number of ketones is 3. The van der Waals surface area contributed by atoms with Crippen molar-refractivity contribution >= 4 is 29.6 Å². The van der Waals surface area contributed by atoms with Crippen LogP contribution in [0.5, 0.6) is 0 Å². The maximum Gasteiger partial charge on any atom is 0.449 e. The number of Topliss-reactive ketones (excluding diaryl/α,β-unsaturated/α-hetero) is 3. The number of hydrogen-bond donors (Lipinski definition) is 0. The number of carbonyl (C=O) groups is 5. The molecule has 0 spiro atoms. The number of hydrogen-bond acceptors (Lipinski definition) is 6. The molecule has 0 heterocycles. The van der Waals surface area contributed by atoms with Crippen molar-refractivity contribution in [3.63, 3.8) is 0 Å². The van der Waals surface area contributed by atoms with Gasteiger partial charge < -0.3 is 9.53 Å². The molecule has 0 radical (unpaired) electrons. The summed E-state index contributed by atoms with van der Waals surface area (Å²) in [5.74, 6) is -1.28. The number of ether oxygens (including phenoxy) is 1. The lowest BCUT2D eigenvalue weighted by atomic mass is 9.92. The van der Waals surface area contributed by atoms with Crippen LogP contribution < -0.4 is 0 Å². The van der Waals surface area contributed by atoms with Crippen LogP contribution in [0, 0.1) is 16.2 Å². The summed E-state index contributed by atoms with van der Waals surface area (Å²) in [5, 5.41) is 0. The molecule has 0 bridgehead atoms. The number of esters is 1. The predicted molar refractivity (Wildman–Crippen MR) is 173 cm³/mol. The molecule has 0 aromatic heterocycles. The van der Waals surface area contributed by atoms with Gasteiger partial charge in [0.15, 0.2) is 0 Å². The number of fused-ring (bicyclic) bond motifs is 3. The van der Waals surface area contributed by atoms with Gasteiger partial charge in [0.25, 0.3) is 0 Å². The minimum Gasteiger partial charge on any atom is -0.464 e.